The molecule has 0 aromatic heterocycles. The zero-order valence-corrected chi connectivity index (χ0v) is 22.7. The van der Waals surface area contributed by atoms with E-state index in [9.17, 15) is 9.90 Å². The maximum Gasteiger partial charge on any atom is 0.311 e. The number of hydrogen-bond donors (Lipinski definition) is 3. The van der Waals surface area contributed by atoms with Gasteiger partial charge in [0.05, 0.1) is 25.2 Å². The molecule has 1 rings (SSSR count). The smallest absolute Gasteiger partial charge is 0.311 e. The first-order valence-electron chi connectivity index (χ1n) is 6.98. The number of hydrogen-bond acceptors (Lipinski definition) is 4. The molecule has 6 N–H and O–H groups in total. The fraction of sp³-hybridized carbons (Fsp3) is 0.846. The van der Waals surface area contributed by atoms with E-state index in [1.807, 2.05) is 6.92 Å². The van der Waals surface area contributed by atoms with Crippen LogP contribution in [0.1, 0.15) is 32.6 Å². The number of nitrogens with zero attached hydrogens (tertiary/aromatic N) is 1. The molecule has 2 radical (unpaired) electrons. The van der Waals surface area contributed by atoms with Gasteiger partial charge in [0.2, 0.25) is 0 Å². The minimum atomic E-state index is -0.935. The number of aliphatic hydroxyl groups excluding tert-OH is 1. The fourth-order valence-corrected chi connectivity index (χ4v) is 2.89. The van der Waals surface area contributed by atoms with Crippen molar-refractivity contribution >= 4 is 11.9 Å². The summed E-state index contributed by atoms with van der Waals surface area (Å²) in [5, 5.41) is 10.3. The molecule has 5 atom stereocenters. The van der Waals surface area contributed by atoms with Crippen LogP contribution in [0.4, 0.5) is 0 Å². The van der Waals surface area contributed by atoms with E-state index in [4.69, 9.17) is 21.9 Å². The molecule has 0 aliphatic heterocycles. The van der Waals surface area contributed by atoms with Gasteiger partial charge in [0.25, 0.3) is 0 Å². The van der Waals surface area contributed by atoms with Crippen LogP contribution >= 0.6 is 0 Å². The second-order valence-electron chi connectivity index (χ2n) is 5.30. The van der Waals surface area contributed by atoms with Crippen LogP contribution in [0.5, 0.6) is 0 Å². The first-order chi connectivity index (χ1) is 9.42. The monoisotopic (exact) mass is 739 g/mol. The van der Waals surface area contributed by atoms with Crippen LogP contribution in [0.3, 0.4) is 0 Å². The van der Waals surface area contributed by atoms with E-state index in [0.717, 1.165) is 12.8 Å². The summed E-state index contributed by atoms with van der Waals surface area (Å²) < 4.78 is 4.70. The van der Waals surface area contributed by atoms with Gasteiger partial charge in [-0.3, -0.25) is 4.79 Å². The van der Waals surface area contributed by atoms with Crippen LogP contribution < -0.4 is 11.5 Å². The summed E-state index contributed by atoms with van der Waals surface area (Å²) >= 11 is 0. The van der Waals surface area contributed by atoms with Gasteiger partial charge >= 0.3 is 5.97 Å². The van der Waals surface area contributed by atoms with Gasteiger partial charge < -0.3 is 27.0 Å². The Morgan fingerprint density at radius 1 is 1.45 bits per heavy atom. The third kappa shape index (κ3) is 7.20. The molecule has 7 nitrogen and oxygen atoms in total. The van der Waals surface area contributed by atoms with Gasteiger partial charge in [-0.05, 0) is 12.3 Å². The molecule has 1 aliphatic carbocycles. The first-order valence-corrected chi connectivity index (χ1v) is 6.98. The van der Waals surface area contributed by atoms with Crippen molar-refractivity contribution in [2.75, 3.05) is 7.11 Å². The van der Waals surface area contributed by atoms with Crippen molar-refractivity contribution in [3.8, 4) is 0 Å². The van der Waals surface area contributed by atoms with Crippen LogP contribution in [-0.2, 0) is 9.53 Å². The number of rotatable bonds is 6. The molecule has 22 heavy (non-hydrogen) atoms. The molecule has 1 aliphatic rings. The van der Waals surface area contributed by atoms with Crippen molar-refractivity contribution in [1.29, 1.82) is 0 Å². The zero-order valence-electron chi connectivity index (χ0n) is 13.2. The topological polar surface area (TPSA) is 135 Å². The van der Waals surface area contributed by atoms with E-state index in [1.54, 1.807) is 0 Å². The number of esters is 1. The van der Waals surface area contributed by atoms with Crippen molar-refractivity contribution in [1.82, 2.24) is 0 Å². The SMILES string of the molecule is CCCCC([NH-])C1C(N=C(N)N)CC(C(=O)OC)C1O.[Ac].[Ac]. The van der Waals surface area contributed by atoms with Gasteiger partial charge in [-0.1, -0.05) is 26.2 Å². The van der Waals surface area contributed by atoms with Crippen LogP contribution in [0.2, 0.25) is 0 Å². The third-order valence-corrected chi connectivity index (χ3v) is 3.90. The van der Waals surface area contributed by atoms with Gasteiger partial charge in [0.15, 0.2) is 5.96 Å². The normalized spacial score (nSPS) is 28.0. The quantitative estimate of drug-likeness (QED) is 0.206. The van der Waals surface area contributed by atoms with Gasteiger partial charge in [-0.2, -0.15) is 0 Å². The minimum absolute atomic E-state index is 0. The van der Waals surface area contributed by atoms with Crippen LogP contribution in [0.15, 0.2) is 4.99 Å². The van der Waals surface area contributed by atoms with Gasteiger partial charge in [-0.15, -0.1) is 6.04 Å². The Morgan fingerprint density at radius 2 is 2.05 bits per heavy atom. The maximum atomic E-state index is 11.7. The molecule has 1 fully saturated rings. The first kappa shape index (κ1) is 25.8. The van der Waals surface area contributed by atoms with E-state index in [0.29, 0.717) is 12.8 Å². The molecule has 5 unspecified atom stereocenters. The number of nitrogens with one attached hydrogen (secondary N) is 1. The Kier molecular flexibility index (Phi) is 15.0. The summed E-state index contributed by atoms with van der Waals surface area (Å²) in [5.74, 6) is -1.65. The van der Waals surface area contributed by atoms with E-state index in [2.05, 4.69) is 4.99 Å². The van der Waals surface area contributed by atoms with E-state index >= 15 is 0 Å². The summed E-state index contributed by atoms with van der Waals surface area (Å²) in [5.41, 5.74) is 19.0. The summed E-state index contributed by atoms with van der Waals surface area (Å²) in [6.45, 7) is 2.04. The zero-order chi connectivity index (χ0) is 15.3. The summed E-state index contributed by atoms with van der Waals surface area (Å²) in [6, 6.07) is -0.897. The molecule has 0 saturated heterocycles. The van der Waals surface area contributed by atoms with Crippen molar-refractivity contribution in [3.63, 3.8) is 0 Å². The number of nitrogens with two attached hydrogens (primary N) is 2. The summed E-state index contributed by atoms with van der Waals surface area (Å²) in [6.07, 6.45) is 1.91. The summed E-state index contributed by atoms with van der Waals surface area (Å²) in [7, 11) is 1.28. The third-order valence-electron chi connectivity index (χ3n) is 3.90. The van der Waals surface area contributed by atoms with E-state index in [-0.39, 0.29) is 94.1 Å². The standard InChI is InChI=1S/C13H25N4O3.2Ac/c1-3-4-5-8(14)10-9(17-13(15)16)6-7(11(10)18)12(19)20-2;;/h7-11,14,18H,3-6H2,1-2H3,(H4,15,16,17);;/q-1;;. The molecule has 9 heteroatoms. The predicted octanol–water partition coefficient (Wildman–Crippen LogP) is 0.409. The molecule has 0 aromatic carbocycles. The van der Waals surface area contributed by atoms with Crippen molar-refractivity contribution < 1.29 is 103 Å². The number of unbranched alkanes of at least 4 members (excludes halogenated alkanes) is 1. The molecule has 0 spiro atoms. The number of ether oxygens (including phenoxy) is 1. The van der Waals surface area contributed by atoms with Gasteiger partial charge in [0, 0.05) is 88.1 Å². The molecule has 0 bridgehead atoms. The van der Waals surface area contributed by atoms with Crippen molar-refractivity contribution in [3.05, 3.63) is 5.73 Å². The average Bonchev–Trinajstić information content (AvgIpc) is 2.71. The molecule has 0 heterocycles. The molecular weight excluding hydrogens is 714 g/mol. The summed E-state index contributed by atoms with van der Waals surface area (Å²) in [4.78, 5) is 15.8. The molecule has 0 aromatic rings. The molecule has 0 amide bonds. The number of carbonyl (C=O) groups excluding carboxylic acids is 1. The fourth-order valence-electron chi connectivity index (χ4n) is 2.89. The van der Waals surface area contributed by atoms with Crippen LogP contribution in [0.25, 0.3) is 5.73 Å². The van der Waals surface area contributed by atoms with E-state index in [1.165, 1.54) is 7.11 Å². The largest absolute Gasteiger partial charge is 0.674 e. The predicted molar refractivity (Wildman–Crippen MR) is 76.9 cm³/mol. The van der Waals surface area contributed by atoms with Crippen molar-refractivity contribution in [2.24, 2.45) is 28.3 Å². The molecular formula is C13H25Ac2N4O3-. The molecule has 122 valence electrons. The van der Waals surface area contributed by atoms with Crippen molar-refractivity contribution in [2.45, 2.75) is 50.8 Å². The Hall–Kier alpha value is 1.54. The Bertz CT molecular complexity index is 367. The second-order valence-corrected chi connectivity index (χ2v) is 5.30. The average molecular weight is 739 g/mol. The number of methoxy groups -OCH3 is 1. The van der Waals surface area contributed by atoms with Gasteiger partial charge in [-0.25, -0.2) is 4.99 Å². The Balaban J connectivity index is 0. The maximum absolute atomic E-state index is 11.7. The number of carbonyl (C=O) groups is 1. The van der Waals surface area contributed by atoms with Gasteiger partial charge in [0.1, 0.15) is 0 Å². The van der Waals surface area contributed by atoms with Crippen LogP contribution in [-0.4, -0.2) is 42.3 Å². The number of aliphatic imine (C=N–C) groups is 1. The number of guanidine groups is 1. The number of aliphatic hydroxyl groups is 1. The Labute approximate surface area is 203 Å². The van der Waals surface area contributed by atoms with Crippen LogP contribution in [0, 0.1) is 100.0 Å². The molecule has 1 saturated carbocycles. The van der Waals surface area contributed by atoms with E-state index < -0.39 is 36.0 Å². The second kappa shape index (κ2) is 12.8. The Morgan fingerprint density at radius 3 is 2.50 bits per heavy atom. The minimum Gasteiger partial charge on any atom is -0.674 e.